The number of thiazole rings is 1. The van der Waals surface area contributed by atoms with Crippen LogP contribution in [0.5, 0.6) is 0 Å². The van der Waals surface area contributed by atoms with Crippen molar-refractivity contribution in [3.63, 3.8) is 0 Å². The van der Waals surface area contributed by atoms with Crippen LogP contribution in [0.3, 0.4) is 0 Å². The highest BCUT2D eigenvalue weighted by Gasteiger charge is 2.19. The Labute approximate surface area is 129 Å². The Hall–Kier alpha value is -0.710. The standard InChI is InChI=1S/C16H22N2S2/c1-3-17-14(9-13-10-19-11(2)18-13)16-8-12-6-4-5-7-15(12)20-16/h8,10,14,17H,3-7,9H2,1-2H3. The SMILES string of the molecule is CCNC(Cc1csc(C)n1)c1cc2c(s1)CCCC2. The lowest BCUT2D eigenvalue weighted by atomic mass is 9.98. The Kier molecular flexibility index (Phi) is 4.54. The van der Waals surface area contributed by atoms with Gasteiger partial charge in [-0.25, -0.2) is 4.98 Å². The summed E-state index contributed by atoms with van der Waals surface area (Å²) in [5, 5.41) is 7.01. The molecular formula is C16H22N2S2. The number of thiophene rings is 1. The number of rotatable bonds is 5. The summed E-state index contributed by atoms with van der Waals surface area (Å²) in [5.74, 6) is 0. The van der Waals surface area contributed by atoms with E-state index in [0.29, 0.717) is 6.04 Å². The van der Waals surface area contributed by atoms with E-state index in [-0.39, 0.29) is 0 Å². The van der Waals surface area contributed by atoms with E-state index in [1.165, 1.54) is 41.3 Å². The molecular weight excluding hydrogens is 284 g/mol. The quantitative estimate of drug-likeness (QED) is 0.891. The van der Waals surface area contributed by atoms with Crippen LogP contribution in [0, 0.1) is 6.92 Å². The Morgan fingerprint density at radius 2 is 2.20 bits per heavy atom. The van der Waals surface area contributed by atoms with Crippen LogP contribution in [0.15, 0.2) is 11.4 Å². The predicted molar refractivity (Wildman–Crippen MR) is 87.9 cm³/mol. The normalized spacial score (nSPS) is 16.1. The van der Waals surface area contributed by atoms with E-state index in [2.05, 4.69) is 35.6 Å². The van der Waals surface area contributed by atoms with Crippen LogP contribution in [-0.2, 0) is 19.3 Å². The van der Waals surface area contributed by atoms with Crippen LogP contribution >= 0.6 is 22.7 Å². The Morgan fingerprint density at radius 3 is 2.90 bits per heavy atom. The Balaban J connectivity index is 1.80. The van der Waals surface area contributed by atoms with Crippen molar-refractivity contribution in [2.24, 2.45) is 0 Å². The van der Waals surface area contributed by atoms with E-state index in [0.717, 1.165) is 13.0 Å². The highest BCUT2D eigenvalue weighted by atomic mass is 32.1. The smallest absolute Gasteiger partial charge is 0.0897 e. The first kappa shape index (κ1) is 14.2. The van der Waals surface area contributed by atoms with Crippen molar-refractivity contribution >= 4 is 22.7 Å². The van der Waals surface area contributed by atoms with Crippen molar-refractivity contribution in [2.45, 2.75) is 52.0 Å². The van der Waals surface area contributed by atoms with Gasteiger partial charge in [0.15, 0.2) is 0 Å². The molecule has 0 saturated heterocycles. The third-order valence-corrected chi connectivity index (χ3v) is 6.06. The Morgan fingerprint density at radius 1 is 1.35 bits per heavy atom. The fourth-order valence-electron chi connectivity index (χ4n) is 2.92. The third kappa shape index (κ3) is 3.13. The molecule has 1 aliphatic carbocycles. The molecule has 0 aliphatic heterocycles. The van der Waals surface area contributed by atoms with Crippen molar-refractivity contribution in [3.8, 4) is 0 Å². The Bertz CT molecular complexity index is 547. The summed E-state index contributed by atoms with van der Waals surface area (Å²) in [5.41, 5.74) is 2.83. The molecule has 4 heteroatoms. The van der Waals surface area contributed by atoms with Crippen LogP contribution in [0.1, 0.15) is 51.8 Å². The minimum absolute atomic E-state index is 0.428. The number of hydrogen-bond donors (Lipinski definition) is 1. The zero-order valence-electron chi connectivity index (χ0n) is 12.2. The van der Waals surface area contributed by atoms with E-state index in [1.54, 1.807) is 21.8 Å². The molecule has 0 saturated carbocycles. The number of hydrogen-bond acceptors (Lipinski definition) is 4. The number of fused-ring (bicyclic) bond motifs is 1. The summed E-state index contributed by atoms with van der Waals surface area (Å²) in [6, 6.07) is 2.88. The first-order valence-corrected chi connectivity index (χ1v) is 9.21. The fourth-order valence-corrected chi connectivity index (χ4v) is 4.87. The first-order chi connectivity index (χ1) is 9.76. The molecule has 3 rings (SSSR count). The van der Waals surface area contributed by atoms with Gasteiger partial charge in [0.1, 0.15) is 0 Å². The number of likely N-dealkylation sites (N-methyl/N-ethyl adjacent to an activating group) is 1. The van der Waals surface area contributed by atoms with Crippen LogP contribution in [-0.4, -0.2) is 11.5 Å². The molecule has 0 radical (unpaired) electrons. The van der Waals surface area contributed by atoms with Crippen LogP contribution < -0.4 is 5.32 Å². The number of nitrogens with zero attached hydrogens (tertiary/aromatic N) is 1. The molecule has 2 nitrogen and oxygen atoms in total. The van der Waals surface area contributed by atoms with Gasteiger partial charge in [0.2, 0.25) is 0 Å². The zero-order chi connectivity index (χ0) is 13.9. The van der Waals surface area contributed by atoms with Crippen molar-refractivity contribution in [1.29, 1.82) is 0 Å². The summed E-state index contributed by atoms with van der Waals surface area (Å²) in [6.07, 6.45) is 6.30. The molecule has 0 spiro atoms. The fraction of sp³-hybridized carbons (Fsp3) is 0.562. The molecule has 1 atom stereocenters. The van der Waals surface area contributed by atoms with E-state index < -0.39 is 0 Å². The van der Waals surface area contributed by atoms with E-state index in [1.807, 2.05) is 11.3 Å². The molecule has 0 fully saturated rings. The average Bonchev–Trinajstić information content (AvgIpc) is 3.04. The number of aryl methyl sites for hydroxylation is 3. The lowest BCUT2D eigenvalue weighted by Crippen LogP contribution is -2.22. The maximum atomic E-state index is 4.62. The monoisotopic (exact) mass is 306 g/mol. The second-order valence-electron chi connectivity index (χ2n) is 5.48. The van der Waals surface area contributed by atoms with E-state index in [9.17, 15) is 0 Å². The summed E-state index contributed by atoms with van der Waals surface area (Å²) in [4.78, 5) is 7.76. The second-order valence-corrected chi connectivity index (χ2v) is 7.71. The van der Waals surface area contributed by atoms with Crippen LogP contribution in [0.2, 0.25) is 0 Å². The van der Waals surface area contributed by atoms with Gasteiger partial charge in [-0.3, -0.25) is 0 Å². The van der Waals surface area contributed by atoms with Gasteiger partial charge in [0.05, 0.1) is 10.7 Å². The van der Waals surface area contributed by atoms with E-state index >= 15 is 0 Å². The minimum atomic E-state index is 0.428. The average molecular weight is 307 g/mol. The minimum Gasteiger partial charge on any atom is -0.309 e. The first-order valence-electron chi connectivity index (χ1n) is 7.52. The lowest BCUT2D eigenvalue weighted by Gasteiger charge is -2.15. The van der Waals surface area contributed by atoms with Crippen LogP contribution in [0.25, 0.3) is 0 Å². The molecule has 108 valence electrons. The van der Waals surface area contributed by atoms with Crippen LogP contribution in [0.4, 0.5) is 0 Å². The number of nitrogens with one attached hydrogen (secondary N) is 1. The summed E-state index contributed by atoms with van der Waals surface area (Å²) < 4.78 is 0. The molecule has 0 bridgehead atoms. The second kappa shape index (κ2) is 6.37. The van der Waals surface area contributed by atoms with Gasteiger partial charge in [-0.15, -0.1) is 22.7 Å². The van der Waals surface area contributed by atoms with Gasteiger partial charge in [-0.05, 0) is 50.8 Å². The largest absolute Gasteiger partial charge is 0.309 e. The molecule has 2 aromatic rings. The molecule has 2 heterocycles. The maximum absolute atomic E-state index is 4.62. The molecule has 1 aliphatic rings. The van der Waals surface area contributed by atoms with Crippen molar-refractivity contribution < 1.29 is 0 Å². The maximum Gasteiger partial charge on any atom is 0.0897 e. The highest BCUT2D eigenvalue weighted by Crippen LogP contribution is 2.34. The number of aromatic nitrogens is 1. The molecule has 2 aromatic heterocycles. The van der Waals surface area contributed by atoms with Crippen molar-refractivity contribution in [1.82, 2.24) is 10.3 Å². The molecule has 0 amide bonds. The predicted octanol–water partition coefficient (Wildman–Crippen LogP) is 4.29. The van der Waals surface area contributed by atoms with Crippen molar-refractivity contribution in [2.75, 3.05) is 6.54 Å². The van der Waals surface area contributed by atoms with E-state index in [4.69, 9.17) is 0 Å². The summed E-state index contributed by atoms with van der Waals surface area (Å²) in [6.45, 7) is 5.28. The summed E-state index contributed by atoms with van der Waals surface area (Å²) >= 11 is 3.77. The molecule has 1 N–H and O–H groups in total. The van der Waals surface area contributed by atoms with Gasteiger partial charge < -0.3 is 5.32 Å². The lowest BCUT2D eigenvalue weighted by molar-refractivity contribution is 0.553. The third-order valence-electron chi connectivity index (χ3n) is 3.89. The van der Waals surface area contributed by atoms with Gasteiger partial charge in [0, 0.05) is 27.6 Å². The van der Waals surface area contributed by atoms with Crippen molar-refractivity contribution in [3.05, 3.63) is 37.5 Å². The van der Waals surface area contributed by atoms with Gasteiger partial charge in [-0.1, -0.05) is 6.92 Å². The topological polar surface area (TPSA) is 24.9 Å². The van der Waals surface area contributed by atoms with Gasteiger partial charge in [-0.2, -0.15) is 0 Å². The van der Waals surface area contributed by atoms with Gasteiger partial charge in [0.25, 0.3) is 0 Å². The molecule has 20 heavy (non-hydrogen) atoms. The zero-order valence-corrected chi connectivity index (χ0v) is 13.9. The highest BCUT2D eigenvalue weighted by molar-refractivity contribution is 7.12. The summed E-state index contributed by atoms with van der Waals surface area (Å²) in [7, 11) is 0. The molecule has 1 unspecified atom stereocenters. The molecule has 0 aromatic carbocycles. The van der Waals surface area contributed by atoms with Gasteiger partial charge >= 0.3 is 0 Å².